The van der Waals surface area contributed by atoms with E-state index in [0.29, 0.717) is 0 Å². The van der Waals surface area contributed by atoms with Gasteiger partial charge in [0.25, 0.3) is 0 Å². The Kier molecular flexibility index (Phi) is 6.11. The molecule has 116 valence electrons. The van der Waals surface area contributed by atoms with E-state index >= 15 is 0 Å². The van der Waals surface area contributed by atoms with Gasteiger partial charge in [0.2, 0.25) is 0 Å². The van der Waals surface area contributed by atoms with Crippen molar-refractivity contribution >= 4 is 19.0 Å². The Morgan fingerprint density at radius 3 is 2.15 bits per heavy atom. The van der Waals surface area contributed by atoms with Gasteiger partial charge in [-0.2, -0.15) is 0 Å². The van der Waals surface area contributed by atoms with Gasteiger partial charge in [-0.15, -0.1) is 12.1 Å². The lowest BCUT2D eigenvalue weighted by Gasteiger charge is -2.25. The molecule has 0 aliphatic heterocycles. The molecule has 0 aromatic heterocycles. The largest absolute Gasteiger partial charge is 0.505 e. The molecule has 1 amide bonds. The number of amides is 1. The van der Waals surface area contributed by atoms with Crippen molar-refractivity contribution in [2.24, 2.45) is 0 Å². The predicted octanol–water partition coefficient (Wildman–Crippen LogP) is 2.39. The summed E-state index contributed by atoms with van der Waals surface area (Å²) in [6, 6.07) is -1.49. The summed E-state index contributed by atoms with van der Waals surface area (Å²) in [5.74, 6) is -1.00. The Morgan fingerprint density at radius 2 is 1.80 bits per heavy atom. The summed E-state index contributed by atoms with van der Waals surface area (Å²) in [6.07, 6.45) is -1.79. The van der Waals surface area contributed by atoms with Crippen LogP contribution in [-0.4, -0.2) is 37.8 Å². The first-order valence-corrected chi connectivity index (χ1v) is 5.81. The molecule has 0 radical (unpaired) electrons. The number of esters is 1. The minimum Gasteiger partial charge on any atom is -0.467 e. The minimum absolute atomic E-state index is 0.782. The molecule has 0 aliphatic rings. The lowest BCUT2D eigenvalue weighted by atomic mass is 9.77. The molecule has 0 bridgehead atoms. The first-order valence-electron chi connectivity index (χ1n) is 5.81. The van der Waals surface area contributed by atoms with Crippen molar-refractivity contribution in [1.82, 2.24) is 5.32 Å². The lowest BCUT2D eigenvalue weighted by Crippen LogP contribution is -2.45. The fraction of sp³-hybridized carbons (Fsp3) is 0.636. The maximum Gasteiger partial charge on any atom is 0.505 e. The fourth-order valence-electron chi connectivity index (χ4n) is 1.18. The van der Waals surface area contributed by atoms with Crippen molar-refractivity contribution in [3.8, 4) is 0 Å². The highest BCUT2D eigenvalue weighted by molar-refractivity contribution is 6.66. The fourth-order valence-corrected chi connectivity index (χ4v) is 1.18. The molecule has 9 heteroatoms. The first-order chi connectivity index (χ1) is 8.86. The first kappa shape index (κ1) is 18.3. The van der Waals surface area contributed by atoms with Crippen LogP contribution in [0.5, 0.6) is 0 Å². The average Bonchev–Trinajstić information content (AvgIpc) is 2.22. The summed E-state index contributed by atoms with van der Waals surface area (Å²) in [7, 11) is 1.01. The SMILES string of the molecule is C=C(CC(NC(=O)OC(C)(C)C)C(=O)OC)[B-](F)(F)F. The third-order valence-electron chi connectivity index (χ3n) is 2.11. The van der Waals surface area contributed by atoms with E-state index in [2.05, 4.69) is 11.3 Å². The zero-order valence-electron chi connectivity index (χ0n) is 11.8. The molecule has 5 nitrogen and oxygen atoms in total. The number of hydrogen-bond donors (Lipinski definition) is 1. The van der Waals surface area contributed by atoms with E-state index < -0.39 is 42.6 Å². The Morgan fingerprint density at radius 1 is 1.30 bits per heavy atom. The van der Waals surface area contributed by atoms with Crippen molar-refractivity contribution in [1.29, 1.82) is 0 Å². The van der Waals surface area contributed by atoms with Crippen molar-refractivity contribution in [2.45, 2.75) is 38.8 Å². The van der Waals surface area contributed by atoms with Gasteiger partial charge in [0.05, 0.1) is 7.11 Å². The van der Waals surface area contributed by atoms with Crippen LogP contribution in [0.4, 0.5) is 17.7 Å². The van der Waals surface area contributed by atoms with Crippen LogP contribution in [0.15, 0.2) is 12.1 Å². The van der Waals surface area contributed by atoms with Gasteiger partial charge in [0.1, 0.15) is 11.6 Å². The van der Waals surface area contributed by atoms with Crippen LogP contribution in [0.25, 0.3) is 0 Å². The van der Waals surface area contributed by atoms with Gasteiger partial charge in [-0.1, -0.05) is 0 Å². The molecular weight excluding hydrogens is 278 g/mol. The molecule has 0 aliphatic carbocycles. The third-order valence-corrected chi connectivity index (χ3v) is 2.11. The number of nitrogens with one attached hydrogen (secondary N) is 1. The Labute approximate surface area is 115 Å². The maximum absolute atomic E-state index is 12.5. The molecule has 0 saturated heterocycles. The van der Waals surface area contributed by atoms with E-state index in [-0.39, 0.29) is 0 Å². The summed E-state index contributed by atoms with van der Waals surface area (Å²) in [4.78, 5) is 22.9. The standard InChI is InChI=1S/C11H18BF3NO4/c1-7(12(13,14)15)6-8(9(17)19-5)16-10(18)20-11(2,3)4/h8H,1,6H2,2-5H3,(H,16,18)/q-1. The monoisotopic (exact) mass is 296 g/mol. The highest BCUT2D eigenvalue weighted by Gasteiger charge is 2.32. The molecule has 1 atom stereocenters. The summed E-state index contributed by atoms with van der Waals surface area (Å²) >= 11 is 0. The maximum atomic E-state index is 12.5. The van der Waals surface area contributed by atoms with Crippen LogP contribution in [0, 0.1) is 0 Å². The molecule has 0 aromatic rings. The van der Waals surface area contributed by atoms with Crippen LogP contribution >= 0.6 is 0 Å². The van der Waals surface area contributed by atoms with Gasteiger partial charge >= 0.3 is 19.0 Å². The molecule has 0 saturated carbocycles. The van der Waals surface area contributed by atoms with Crippen LogP contribution < -0.4 is 5.32 Å². The number of carbonyl (C=O) groups is 2. The molecule has 0 aromatic carbocycles. The Bertz CT molecular complexity index is 390. The van der Waals surface area contributed by atoms with Crippen molar-refractivity contribution in [3.05, 3.63) is 12.1 Å². The van der Waals surface area contributed by atoms with Gasteiger partial charge in [-0.3, -0.25) is 0 Å². The predicted molar refractivity (Wildman–Crippen MR) is 68.0 cm³/mol. The van der Waals surface area contributed by atoms with E-state index in [0.717, 1.165) is 7.11 Å². The number of methoxy groups -OCH3 is 1. The molecule has 1 unspecified atom stereocenters. The summed E-state index contributed by atoms with van der Waals surface area (Å²) < 4.78 is 46.6. The van der Waals surface area contributed by atoms with Crippen LogP contribution in [-0.2, 0) is 14.3 Å². The van der Waals surface area contributed by atoms with Crippen molar-refractivity contribution in [2.75, 3.05) is 7.11 Å². The number of alkyl carbamates (subject to hydrolysis) is 1. The topological polar surface area (TPSA) is 64.6 Å². The van der Waals surface area contributed by atoms with Crippen molar-refractivity contribution < 1.29 is 32.0 Å². The third kappa shape index (κ3) is 7.05. The van der Waals surface area contributed by atoms with Crippen LogP contribution in [0.2, 0.25) is 0 Å². The molecule has 0 spiro atoms. The zero-order valence-corrected chi connectivity index (χ0v) is 11.8. The van der Waals surface area contributed by atoms with Gasteiger partial charge < -0.3 is 27.7 Å². The minimum atomic E-state index is -5.29. The molecular formula is C11H18BF3NO4-. The molecule has 0 fully saturated rings. The van der Waals surface area contributed by atoms with E-state index in [4.69, 9.17) is 4.74 Å². The van der Waals surface area contributed by atoms with Gasteiger partial charge in [0.15, 0.2) is 0 Å². The van der Waals surface area contributed by atoms with Crippen LogP contribution in [0.1, 0.15) is 27.2 Å². The molecule has 0 heterocycles. The second-order valence-corrected chi connectivity index (χ2v) is 5.16. The summed E-state index contributed by atoms with van der Waals surface area (Å²) in [5.41, 5.74) is -1.92. The Balaban J connectivity index is 4.80. The summed E-state index contributed by atoms with van der Waals surface area (Å²) in [5, 5.41) is 2.04. The lowest BCUT2D eigenvalue weighted by molar-refractivity contribution is -0.143. The number of rotatable bonds is 5. The Hall–Kier alpha value is -1.67. The number of hydrogen-bond acceptors (Lipinski definition) is 4. The molecule has 1 N–H and O–H groups in total. The molecule has 0 rings (SSSR count). The van der Waals surface area contributed by atoms with Crippen LogP contribution in [0.3, 0.4) is 0 Å². The summed E-state index contributed by atoms with van der Waals surface area (Å²) in [6.45, 7) is 2.32. The number of halogens is 3. The molecule has 20 heavy (non-hydrogen) atoms. The van der Waals surface area contributed by atoms with E-state index in [1.165, 1.54) is 0 Å². The van der Waals surface area contributed by atoms with E-state index in [1.54, 1.807) is 20.8 Å². The quantitative estimate of drug-likeness (QED) is 0.625. The average molecular weight is 296 g/mol. The van der Waals surface area contributed by atoms with Gasteiger partial charge in [0, 0.05) is 0 Å². The zero-order chi connectivity index (χ0) is 16.1. The van der Waals surface area contributed by atoms with Crippen molar-refractivity contribution in [3.63, 3.8) is 0 Å². The smallest absolute Gasteiger partial charge is 0.467 e. The second kappa shape index (κ2) is 6.67. The normalized spacial score (nSPS) is 13.3. The van der Waals surface area contributed by atoms with E-state index in [1.807, 2.05) is 5.32 Å². The van der Waals surface area contributed by atoms with E-state index in [9.17, 15) is 22.5 Å². The number of ether oxygens (including phenoxy) is 2. The highest BCUT2D eigenvalue weighted by Crippen LogP contribution is 2.22. The highest BCUT2D eigenvalue weighted by atomic mass is 19.4. The van der Waals surface area contributed by atoms with Gasteiger partial charge in [-0.05, 0) is 27.2 Å². The second-order valence-electron chi connectivity index (χ2n) is 5.16. The van der Waals surface area contributed by atoms with Gasteiger partial charge in [-0.25, -0.2) is 9.59 Å². The number of carbonyl (C=O) groups excluding carboxylic acids is 2.